The summed E-state index contributed by atoms with van der Waals surface area (Å²) in [6.07, 6.45) is 0. The molecule has 0 bridgehead atoms. The second kappa shape index (κ2) is 4.87. The third-order valence-corrected chi connectivity index (χ3v) is 3.63. The van der Waals surface area contributed by atoms with Crippen molar-refractivity contribution >= 4 is 11.6 Å². The summed E-state index contributed by atoms with van der Waals surface area (Å²) >= 11 is 0. The summed E-state index contributed by atoms with van der Waals surface area (Å²) in [4.78, 5) is 25.4. The second-order valence-electron chi connectivity index (χ2n) is 5.13. The summed E-state index contributed by atoms with van der Waals surface area (Å²) in [5.41, 5.74) is 0.743. The largest absolute Gasteiger partial charge is 0.507 e. The summed E-state index contributed by atoms with van der Waals surface area (Å²) < 4.78 is 5.47. The Morgan fingerprint density at radius 2 is 1.55 bits per heavy atom. The lowest BCUT2D eigenvalue weighted by Crippen LogP contribution is -2.22. The molecule has 0 unspecified atom stereocenters. The molecule has 0 spiro atoms. The first kappa shape index (κ1) is 14.1. The smallest absolute Gasteiger partial charge is 0.202 e. The minimum absolute atomic E-state index is 0.130. The van der Waals surface area contributed by atoms with Crippen molar-refractivity contribution in [3.8, 4) is 17.2 Å². The van der Waals surface area contributed by atoms with E-state index in [1.165, 1.54) is 12.1 Å². The van der Waals surface area contributed by atoms with Crippen LogP contribution >= 0.6 is 0 Å². The SMILES string of the molecule is CCOc1cc(C)cc2c1C(=O)c1c(O)ccc(O)c1C2=O. The van der Waals surface area contributed by atoms with Gasteiger partial charge < -0.3 is 14.9 Å². The molecule has 0 aliphatic heterocycles. The molecule has 2 aromatic rings. The number of fused-ring (bicyclic) bond motifs is 2. The number of benzene rings is 2. The molecule has 2 aromatic carbocycles. The van der Waals surface area contributed by atoms with Crippen molar-refractivity contribution in [1.82, 2.24) is 0 Å². The quantitative estimate of drug-likeness (QED) is 0.710. The Balaban J connectivity index is 2.36. The van der Waals surface area contributed by atoms with E-state index in [9.17, 15) is 19.8 Å². The number of hydrogen-bond donors (Lipinski definition) is 2. The average Bonchev–Trinajstić information content (AvgIpc) is 2.47. The molecule has 1 aliphatic rings. The van der Waals surface area contributed by atoms with Gasteiger partial charge in [-0.15, -0.1) is 0 Å². The summed E-state index contributed by atoms with van der Waals surface area (Å²) in [7, 11) is 0. The lowest BCUT2D eigenvalue weighted by atomic mass is 9.82. The van der Waals surface area contributed by atoms with Gasteiger partial charge in [-0.2, -0.15) is 0 Å². The third-order valence-electron chi connectivity index (χ3n) is 3.63. The van der Waals surface area contributed by atoms with Gasteiger partial charge in [0.05, 0.1) is 23.3 Å². The summed E-state index contributed by atoms with van der Waals surface area (Å²) in [5.74, 6) is -1.37. The zero-order valence-electron chi connectivity index (χ0n) is 12.1. The van der Waals surface area contributed by atoms with E-state index in [0.29, 0.717) is 12.4 Å². The van der Waals surface area contributed by atoms with Gasteiger partial charge in [0.2, 0.25) is 5.78 Å². The van der Waals surface area contributed by atoms with Crippen LogP contribution in [0.15, 0.2) is 24.3 Å². The van der Waals surface area contributed by atoms with E-state index in [2.05, 4.69) is 0 Å². The van der Waals surface area contributed by atoms with Crippen LogP contribution in [0.25, 0.3) is 0 Å². The number of ether oxygens (including phenoxy) is 1. The van der Waals surface area contributed by atoms with Crippen molar-refractivity contribution in [1.29, 1.82) is 0 Å². The molecule has 22 heavy (non-hydrogen) atoms. The van der Waals surface area contributed by atoms with Crippen LogP contribution in [0.4, 0.5) is 0 Å². The number of phenolic OH excluding ortho intramolecular Hbond substituents is 2. The third kappa shape index (κ3) is 1.86. The maximum Gasteiger partial charge on any atom is 0.202 e. The summed E-state index contributed by atoms with van der Waals surface area (Å²) in [6, 6.07) is 5.66. The van der Waals surface area contributed by atoms with Gasteiger partial charge in [-0.25, -0.2) is 0 Å². The fourth-order valence-corrected chi connectivity index (χ4v) is 2.74. The van der Waals surface area contributed by atoms with Crippen LogP contribution in [-0.4, -0.2) is 28.4 Å². The number of carbonyl (C=O) groups is 2. The van der Waals surface area contributed by atoms with Gasteiger partial charge in [0.25, 0.3) is 0 Å². The molecule has 5 nitrogen and oxygen atoms in total. The predicted octanol–water partition coefficient (Wildman–Crippen LogP) is 2.58. The Hall–Kier alpha value is -2.82. The van der Waals surface area contributed by atoms with Gasteiger partial charge in [0, 0.05) is 5.56 Å². The highest BCUT2D eigenvalue weighted by molar-refractivity contribution is 6.31. The molecular weight excluding hydrogens is 284 g/mol. The zero-order valence-corrected chi connectivity index (χ0v) is 12.1. The molecule has 0 saturated heterocycles. The molecule has 0 amide bonds. The Morgan fingerprint density at radius 3 is 2.14 bits per heavy atom. The molecule has 0 radical (unpaired) electrons. The first-order valence-electron chi connectivity index (χ1n) is 6.87. The standard InChI is InChI=1S/C17H14O5/c1-3-22-12-7-8(2)6-9-13(12)17(21)15-11(19)5-4-10(18)14(15)16(9)20/h4-7,18-19H,3H2,1-2H3. The van der Waals surface area contributed by atoms with Gasteiger partial charge in [0.15, 0.2) is 5.78 Å². The molecule has 3 rings (SSSR count). The van der Waals surface area contributed by atoms with Crippen LogP contribution in [0.5, 0.6) is 17.2 Å². The van der Waals surface area contributed by atoms with Gasteiger partial charge in [0.1, 0.15) is 17.2 Å². The minimum atomic E-state index is -0.526. The van der Waals surface area contributed by atoms with Crippen molar-refractivity contribution in [2.75, 3.05) is 6.61 Å². The van der Waals surface area contributed by atoms with Crippen molar-refractivity contribution in [3.05, 3.63) is 52.1 Å². The van der Waals surface area contributed by atoms with Crippen molar-refractivity contribution in [3.63, 3.8) is 0 Å². The van der Waals surface area contributed by atoms with E-state index in [1.54, 1.807) is 26.0 Å². The Kier molecular flexibility index (Phi) is 3.13. The zero-order chi connectivity index (χ0) is 16.0. The van der Waals surface area contributed by atoms with Gasteiger partial charge in [-0.05, 0) is 43.7 Å². The van der Waals surface area contributed by atoms with Gasteiger partial charge >= 0.3 is 0 Å². The number of aryl methyl sites for hydroxylation is 1. The number of rotatable bonds is 2. The molecular formula is C17H14O5. The first-order chi connectivity index (χ1) is 10.5. The fraction of sp³-hybridized carbons (Fsp3) is 0.176. The predicted molar refractivity (Wildman–Crippen MR) is 79.0 cm³/mol. The highest BCUT2D eigenvalue weighted by atomic mass is 16.5. The minimum Gasteiger partial charge on any atom is -0.507 e. The van der Waals surface area contributed by atoms with Gasteiger partial charge in [-0.3, -0.25) is 9.59 Å². The van der Waals surface area contributed by atoms with Crippen molar-refractivity contribution in [2.45, 2.75) is 13.8 Å². The Labute approximate surface area is 126 Å². The van der Waals surface area contributed by atoms with Crippen molar-refractivity contribution < 1.29 is 24.5 Å². The monoisotopic (exact) mass is 298 g/mol. The highest BCUT2D eigenvalue weighted by Crippen LogP contribution is 2.40. The van der Waals surface area contributed by atoms with Crippen LogP contribution in [0.1, 0.15) is 44.3 Å². The average molecular weight is 298 g/mol. The molecule has 0 atom stereocenters. The molecule has 112 valence electrons. The molecule has 0 saturated carbocycles. The van der Waals surface area contributed by atoms with E-state index < -0.39 is 11.6 Å². The number of aromatic hydroxyl groups is 2. The van der Waals surface area contributed by atoms with E-state index in [4.69, 9.17) is 4.74 Å². The summed E-state index contributed by atoms with van der Waals surface area (Å²) in [6.45, 7) is 3.91. The molecule has 0 aromatic heterocycles. The Morgan fingerprint density at radius 1 is 0.955 bits per heavy atom. The highest BCUT2D eigenvalue weighted by Gasteiger charge is 2.36. The van der Waals surface area contributed by atoms with Crippen LogP contribution in [0.2, 0.25) is 0 Å². The maximum atomic E-state index is 12.7. The number of carbonyl (C=O) groups excluding carboxylic acids is 2. The van der Waals surface area contributed by atoms with E-state index >= 15 is 0 Å². The molecule has 5 heteroatoms. The van der Waals surface area contributed by atoms with Crippen LogP contribution in [0.3, 0.4) is 0 Å². The number of ketones is 2. The lowest BCUT2D eigenvalue weighted by Gasteiger charge is -2.22. The number of hydrogen-bond acceptors (Lipinski definition) is 5. The van der Waals surface area contributed by atoms with Crippen molar-refractivity contribution in [2.24, 2.45) is 0 Å². The first-order valence-corrected chi connectivity index (χ1v) is 6.87. The lowest BCUT2D eigenvalue weighted by molar-refractivity contribution is 0.0971. The van der Waals surface area contributed by atoms with Crippen LogP contribution in [-0.2, 0) is 0 Å². The molecule has 2 N–H and O–H groups in total. The number of phenols is 2. The topological polar surface area (TPSA) is 83.8 Å². The molecule has 1 aliphatic carbocycles. The van der Waals surface area contributed by atoms with Gasteiger partial charge in [-0.1, -0.05) is 0 Å². The fourth-order valence-electron chi connectivity index (χ4n) is 2.74. The molecule has 0 fully saturated rings. The van der Waals surface area contributed by atoms with Crippen LogP contribution < -0.4 is 4.74 Å². The van der Waals surface area contributed by atoms with E-state index in [-0.39, 0.29) is 33.8 Å². The molecule has 0 heterocycles. The normalized spacial score (nSPS) is 12.8. The Bertz CT molecular complexity index is 820. The summed E-state index contributed by atoms with van der Waals surface area (Å²) in [5, 5.41) is 19.9. The maximum absolute atomic E-state index is 12.7. The van der Waals surface area contributed by atoms with E-state index in [0.717, 1.165) is 5.56 Å². The second-order valence-corrected chi connectivity index (χ2v) is 5.13. The van der Waals surface area contributed by atoms with Crippen LogP contribution in [0, 0.1) is 6.92 Å². The van der Waals surface area contributed by atoms with E-state index in [1.807, 2.05) is 0 Å².